The molecular weight excluding hydrogens is 216 g/mol. The number of nitrogens with two attached hydrogens (primary N) is 1. The highest BCUT2D eigenvalue weighted by Crippen LogP contribution is 2.36. The van der Waals surface area contributed by atoms with Crippen LogP contribution in [-0.4, -0.2) is 29.3 Å². The van der Waals surface area contributed by atoms with Crippen LogP contribution in [0.1, 0.15) is 24.8 Å². The average molecular weight is 236 g/mol. The summed E-state index contributed by atoms with van der Waals surface area (Å²) in [5.74, 6) is 0.613. The van der Waals surface area contributed by atoms with Gasteiger partial charge in [0.15, 0.2) is 11.5 Å². The quantitative estimate of drug-likeness (QED) is 0.581. The molecule has 1 heterocycles. The molecule has 3 atom stereocenters. The van der Waals surface area contributed by atoms with Crippen LogP contribution in [0.3, 0.4) is 0 Å². The summed E-state index contributed by atoms with van der Waals surface area (Å²) < 4.78 is 0. The average Bonchev–Trinajstić information content (AvgIpc) is 2.32. The maximum atomic E-state index is 9.56. The first-order chi connectivity index (χ1) is 8.11. The number of phenolic OH excluding ortho intramolecular Hbond substituents is 2. The van der Waals surface area contributed by atoms with E-state index in [9.17, 15) is 10.2 Å². The summed E-state index contributed by atoms with van der Waals surface area (Å²) in [5, 5.41) is 22.3. The van der Waals surface area contributed by atoms with Gasteiger partial charge < -0.3 is 21.3 Å². The minimum Gasteiger partial charge on any atom is -0.504 e. The van der Waals surface area contributed by atoms with Gasteiger partial charge in [-0.05, 0) is 56.0 Å². The third kappa shape index (κ3) is 2.53. The SMILES string of the molecule is CC1CC(c2ccc(O)c(O)c2)C(CN)CN1. The molecule has 0 aromatic heterocycles. The molecular formula is C13H20N2O2. The lowest BCUT2D eigenvalue weighted by atomic mass is 9.79. The van der Waals surface area contributed by atoms with Crippen molar-refractivity contribution in [2.45, 2.75) is 25.3 Å². The first-order valence-corrected chi connectivity index (χ1v) is 6.07. The Morgan fingerprint density at radius 1 is 1.35 bits per heavy atom. The van der Waals surface area contributed by atoms with Crippen molar-refractivity contribution in [1.82, 2.24) is 5.32 Å². The molecule has 3 unspecified atom stereocenters. The lowest BCUT2D eigenvalue weighted by Crippen LogP contribution is -2.44. The number of phenols is 2. The van der Waals surface area contributed by atoms with Gasteiger partial charge in [0.25, 0.3) is 0 Å². The number of rotatable bonds is 2. The maximum Gasteiger partial charge on any atom is 0.157 e. The molecule has 0 saturated carbocycles. The molecule has 5 N–H and O–H groups in total. The third-order valence-corrected chi connectivity index (χ3v) is 3.64. The van der Waals surface area contributed by atoms with Crippen molar-refractivity contribution in [2.75, 3.05) is 13.1 Å². The van der Waals surface area contributed by atoms with Gasteiger partial charge >= 0.3 is 0 Å². The molecule has 17 heavy (non-hydrogen) atoms. The lowest BCUT2D eigenvalue weighted by molar-refractivity contribution is 0.284. The van der Waals surface area contributed by atoms with Gasteiger partial charge in [-0.1, -0.05) is 6.07 Å². The van der Waals surface area contributed by atoms with Crippen molar-refractivity contribution in [3.8, 4) is 11.5 Å². The zero-order valence-electron chi connectivity index (χ0n) is 10.1. The molecule has 1 aromatic carbocycles. The Bertz CT molecular complexity index is 395. The number of aromatic hydroxyl groups is 2. The monoisotopic (exact) mass is 236 g/mol. The fourth-order valence-corrected chi connectivity index (χ4v) is 2.58. The van der Waals surface area contributed by atoms with E-state index in [0.29, 0.717) is 24.4 Å². The minimum atomic E-state index is -0.0694. The van der Waals surface area contributed by atoms with Crippen LogP contribution in [0, 0.1) is 5.92 Å². The Hall–Kier alpha value is -1.26. The smallest absolute Gasteiger partial charge is 0.157 e. The number of hydrogen-bond donors (Lipinski definition) is 4. The van der Waals surface area contributed by atoms with Crippen molar-refractivity contribution in [2.24, 2.45) is 11.7 Å². The fourth-order valence-electron chi connectivity index (χ4n) is 2.58. The highest BCUT2D eigenvalue weighted by molar-refractivity contribution is 5.42. The first kappa shape index (κ1) is 12.2. The van der Waals surface area contributed by atoms with Crippen LogP contribution >= 0.6 is 0 Å². The van der Waals surface area contributed by atoms with Gasteiger partial charge in [0.05, 0.1) is 0 Å². The van der Waals surface area contributed by atoms with Crippen LogP contribution < -0.4 is 11.1 Å². The van der Waals surface area contributed by atoms with Crippen LogP contribution in [0.4, 0.5) is 0 Å². The van der Waals surface area contributed by atoms with Crippen molar-refractivity contribution in [3.63, 3.8) is 0 Å². The standard InChI is InChI=1S/C13H20N2O2/c1-8-4-11(10(6-14)7-15-8)9-2-3-12(16)13(17)5-9/h2-3,5,8,10-11,15-17H,4,6-7,14H2,1H3. The van der Waals surface area contributed by atoms with E-state index < -0.39 is 0 Å². The predicted octanol–water partition coefficient (Wildman–Crippen LogP) is 1.14. The lowest BCUT2D eigenvalue weighted by Gasteiger charge is -2.35. The van der Waals surface area contributed by atoms with Crippen molar-refractivity contribution < 1.29 is 10.2 Å². The maximum absolute atomic E-state index is 9.56. The Labute approximate surface area is 101 Å². The molecule has 0 bridgehead atoms. The molecule has 94 valence electrons. The summed E-state index contributed by atoms with van der Waals surface area (Å²) in [7, 11) is 0. The van der Waals surface area contributed by atoms with E-state index >= 15 is 0 Å². The zero-order valence-corrected chi connectivity index (χ0v) is 10.1. The summed E-state index contributed by atoms with van der Waals surface area (Å²) >= 11 is 0. The fraction of sp³-hybridized carbons (Fsp3) is 0.538. The minimum absolute atomic E-state index is 0.0514. The van der Waals surface area contributed by atoms with E-state index in [1.165, 1.54) is 0 Å². The van der Waals surface area contributed by atoms with Crippen molar-refractivity contribution in [1.29, 1.82) is 0 Å². The summed E-state index contributed by atoms with van der Waals surface area (Å²) in [6, 6.07) is 5.53. The van der Waals surface area contributed by atoms with Crippen LogP contribution in [0.15, 0.2) is 18.2 Å². The van der Waals surface area contributed by atoms with Gasteiger partial charge in [-0.15, -0.1) is 0 Å². The Kier molecular flexibility index (Phi) is 3.54. The molecule has 1 aliphatic heterocycles. The third-order valence-electron chi connectivity index (χ3n) is 3.64. The Morgan fingerprint density at radius 2 is 2.12 bits per heavy atom. The summed E-state index contributed by atoms with van der Waals surface area (Å²) in [6.07, 6.45) is 1.01. The highest BCUT2D eigenvalue weighted by Gasteiger charge is 2.28. The summed E-state index contributed by atoms with van der Waals surface area (Å²) in [5.41, 5.74) is 6.85. The number of hydrogen-bond acceptors (Lipinski definition) is 4. The molecule has 1 aliphatic rings. The topological polar surface area (TPSA) is 78.5 Å². The van der Waals surface area contributed by atoms with E-state index in [2.05, 4.69) is 12.2 Å². The predicted molar refractivity (Wildman–Crippen MR) is 67.1 cm³/mol. The van der Waals surface area contributed by atoms with Crippen molar-refractivity contribution in [3.05, 3.63) is 23.8 Å². The molecule has 0 aliphatic carbocycles. The molecule has 0 amide bonds. The Balaban J connectivity index is 2.25. The van der Waals surface area contributed by atoms with Gasteiger partial charge in [0, 0.05) is 6.04 Å². The molecule has 0 radical (unpaired) electrons. The second kappa shape index (κ2) is 4.94. The largest absolute Gasteiger partial charge is 0.504 e. The van der Waals surface area contributed by atoms with Gasteiger partial charge in [0.1, 0.15) is 0 Å². The molecule has 1 aromatic rings. The van der Waals surface area contributed by atoms with Crippen LogP contribution in [0.2, 0.25) is 0 Å². The van der Waals surface area contributed by atoms with E-state index in [0.717, 1.165) is 18.5 Å². The van der Waals surface area contributed by atoms with E-state index in [4.69, 9.17) is 5.73 Å². The normalized spacial score (nSPS) is 29.2. The molecule has 1 fully saturated rings. The van der Waals surface area contributed by atoms with Gasteiger partial charge in [-0.25, -0.2) is 0 Å². The highest BCUT2D eigenvalue weighted by atomic mass is 16.3. The number of benzene rings is 1. The molecule has 2 rings (SSSR count). The van der Waals surface area contributed by atoms with Crippen LogP contribution in [-0.2, 0) is 0 Å². The van der Waals surface area contributed by atoms with Gasteiger partial charge in [-0.3, -0.25) is 0 Å². The Morgan fingerprint density at radius 3 is 2.76 bits per heavy atom. The zero-order chi connectivity index (χ0) is 12.4. The molecule has 0 spiro atoms. The summed E-state index contributed by atoms with van der Waals surface area (Å²) in [4.78, 5) is 0. The van der Waals surface area contributed by atoms with Gasteiger partial charge in [-0.2, -0.15) is 0 Å². The summed E-state index contributed by atoms with van der Waals surface area (Å²) in [6.45, 7) is 3.69. The molecule has 4 nitrogen and oxygen atoms in total. The van der Waals surface area contributed by atoms with Crippen molar-refractivity contribution >= 4 is 0 Å². The van der Waals surface area contributed by atoms with Crippen LogP contribution in [0.25, 0.3) is 0 Å². The number of piperidine rings is 1. The number of nitrogens with one attached hydrogen (secondary N) is 1. The van der Waals surface area contributed by atoms with E-state index in [1.807, 2.05) is 6.07 Å². The van der Waals surface area contributed by atoms with E-state index in [1.54, 1.807) is 12.1 Å². The molecule has 1 saturated heterocycles. The molecule has 4 heteroatoms. The van der Waals surface area contributed by atoms with E-state index in [-0.39, 0.29) is 11.5 Å². The second-order valence-corrected chi connectivity index (χ2v) is 4.90. The van der Waals surface area contributed by atoms with Crippen LogP contribution in [0.5, 0.6) is 11.5 Å². The first-order valence-electron chi connectivity index (χ1n) is 6.07. The van der Waals surface area contributed by atoms with Gasteiger partial charge in [0.2, 0.25) is 0 Å². The second-order valence-electron chi connectivity index (χ2n) is 4.90.